The van der Waals surface area contributed by atoms with E-state index in [0.29, 0.717) is 29.6 Å². The normalized spacial score (nSPS) is 22.8. The summed E-state index contributed by atoms with van der Waals surface area (Å²) < 4.78 is 11.1. The van der Waals surface area contributed by atoms with E-state index in [1.54, 1.807) is 23.1 Å². The van der Waals surface area contributed by atoms with Crippen LogP contribution in [0.2, 0.25) is 5.02 Å². The number of benzene rings is 1. The minimum Gasteiger partial charge on any atom is -0.371 e. The third-order valence-electron chi connectivity index (χ3n) is 3.71. The SMILES string of the molecule is O=C1c2ccccc2C(OCC2CO2)N1c1ccc(Cl)cn1. The number of carbonyl (C=O) groups excluding carboxylic acids is 1. The summed E-state index contributed by atoms with van der Waals surface area (Å²) in [6.45, 7) is 1.16. The number of anilines is 1. The fraction of sp³-hybridized carbons (Fsp3) is 0.250. The van der Waals surface area contributed by atoms with E-state index in [-0.39, 0.29) is 12.0 Å². The minimum atomic E-state index is -0.485. The van der Waals surface area contributed by atoms with E-state index in [0.717, 1.165) is 5.56 Å². The molecule has 2 atom stereocenters. The average Bonchev–Trinajstić information content (AvgIpc) is 3.32. The Morgan fingerprint density at radius 2 is 2.14 bits per heavy atom. The zero-order valence-corrected chi connectivity index (χ0v) is 12.4. The highest BCUT2D eigenvalue weighted by atomic mass is 35.5. The molecule has 112 valence electrons. The molecule has 1 saturated heterocycles. The van der Waals surface area contributed by atoms with Crippen LogP contribution in [-0.4, -0.2) is 30.2 Å². The summed E-state index contributed by atoms with van der Waals surface area (Å²) in [6.07, 6.45) is 1.17. The maximum Gasteiger partial charge on any atom is 0.262 e. The number of halogens is 1. The molecule has 4 rings (SSSR count). The molecule has 2 aromatic rings. The van der Waals surface area contributed by atoms with Crippen molar-refractivity contribution < 1.29 is 14.3 Å². The number of fused-ring (bicyclic) bond motifs is 1. The Balaban J connectivity index is 1.71. The van der Waals surface area contributed by atoms with Gasteiger partial charge >= 0.3 is 0 Å². The third kappa shape index (κ3) is 2.37. The number of nitrogens with zero attached hydrogens (tertiary/aromatic N) is 2. The van der Waals surface area contributed by atoms with Gasteiger partial charge in [0, 0.05) is 17.3 Å². The zero-order chi connectivity index (χ0) is 15.1. The van der Waals surface area contributed by atoms with Crippen LogP contribution in [-0.2, 0) is 9.47 Å². The molecular weight excluding hydrogens is 304 g/mol. The zero-order valence-electron chi connectivity index (χ0n) is 11.6. The van der Waals surface area contributed by atoms with E-state index in [4.69, 9.17) is 21.1 Å². The maximum absolute atomic E-state index is 12.7. The molecule has 2 aliphatic heterocycles. The van der Waals surface area contributed by atoms with Crippen molar-refractivity contribution in [2.24, 2.45) is 0 Å². The van der Waals surface area contributed by atoms with Gasteiger partial charge in [-0.25, -0.2) is 4.98 Å². The first kappa shape index (κ1) is 13.7. The topological polar surface area (TPSA) is 55.0 Å². The van der Waals surface area contributed by atoms with E-state index >= 15 is 0 Å². The molecule has 1 aromatic carbocycles. The number of amides is 1. The van der Waals surface area contributed by atoms with E-state index in [1.807, 2.05) is 18.2 Å². The first-order valence-electron chi connectivity index (χ1n) is 7.01. The quantitative estimate of drug-likeness (QED) is 0.814. The Hall–Kier alpha value is -1.95. The fourth-order valence-electron chi connectivity index (χ4n) is 2.54. The number of hydrogen-bond acceptors (Lipinski definition) is 4. The second kappa shape index (κ2) is 5.35. The van der Waals surface area contributed by atoms with Gasteiger partial charge < -0.3 is 9.47 Å². The molecule has 2 unspecified atom stereocenters. The number of aromatic nitrogens is 1. The maximum atomic E-state index is 12.7. The van der Waals surface area contributed by atoms with Crippen molar-refractivity contribution in [3.8, 4) is 0 Å². The van der Waals surface area contributed by atoms with Gasteiger partial charge in [0.2, 0.25) is 0 Å². The Labute approximate surface area is 132 Å². The predicted octanol–water partition coefficient (Wildman–Crippen LogP) is 2.81. The van der Waals surface area contributed by atoms with E-state index < -0.39 is 6.23 Å². The molecule has 6 heteroatoms. The van der Waals surface area contributed by atoms with Crippen LogP contribution in [0.4, 0.5) is 5.82 Å². The summed E-state index contributed by atoms with van der Waals surface area (Å²) >= 11 is 5.88. The van der Waals surface area contributed by atoms with Gasteiger partial charge in [0.05, 0.1) is 18.2 Å². The number of ether oxygens (including phenoxy) is 2. The monoisotopic (exact) mass is 316 g/mol. The van der Waals surface area contributed by atoms with Gasteiger partial charge in [-0.2, -0.15) is 0 Å². The lowest BCUT2D eigenvalue weighted by molar-refractivity contribution is 0.0424. The molecule has 0 radical (unpaired) electrons. The van der Waals surface area contributed by atoms with Crippen LogP contribution in [0.5, 0.6) is 0 Å². The van der Waals surface area contributed by atoms with E-state index in [2.05, 4.69) is 4.98 Å². The third-order valence-corrected chi connectivity index (χ3v) is 3.94. The molecule has 5 nitrogen and oxygen atoms in total. The fourth-order valence-corrected chi connectivity index (χ4v) is 2.66. The van der Waals surface area contributed by atoms with Crippen molar-refractivity contribution in [3.05, 3.63) is 58.7 Å². The molecule has 0 spiro atoms. The van der Waals surface area contributed by atoms with Gasteiger partial charge in [-0.05, 0) is 18.2 Å². The van der Waals surface area contributed by atoms with Crippen LogP contribution in [0.15, 0.2) is 42.6 Å². The molecule has 1 fully saturated rings. The Bertz CT molecular complexity index is 716. The largest absolute Gasteiger partial charge is 0.371 e. The number of rotatable bonds is 4. The van der Waals surface area contributed by atoms with E-state index in [9.17, 15) is 4.79 Å². The van der Waals surface area contributed by atoms with Gasteiger partial charge in [-0.3, -0.25) is 9.69 Å². The summed E-state index contributed by atoms with van der Waals surface area (Å²) in [4.78, 5) is 18.5. The molecule has 0 bridgehead atoms. The lowest BCUT2D eigenvalue weighted by Crippen LogP contribution is -2.30. The van der Waals surface area contributed by atoms with Crippen molar-refractivity contribution >= 4 is 23.3 Å². The standard InChI is InChI=1S/C16H13ClN2O3/c17-10-5-6-14(18-7-10)19-15(20)12-3-1-2-4-13(12)16(19)22-9-11-8-21-11/h1-7,11,16H,8-9H2. The number of carbonyl (C=O) groups is 1. The smallest absolute Gasteiger partial charge is 0.262 e. The predicted molar refractivity (Wildman–Crippen MR) is 80.9 cm³/mol. The van der Waals surface area contributed by atoms with Crippen LogP contribution in [0.25, 0.3) is 0 Å². The first-order chi connectivity index (χ1) is 10.7. The van der Waals surface area contributed by atoms with Gasteiger partial charge in [-0.15, -0.1) is 0 Å². The Morgan fingerprint density at radius 1 is 1.32 bits per heavy atom. The highest BCUT2D eigenvalue weighted by Crippen LogP contribution is 2.37. The molecule has 3 heterocycles. The Kier molecular flexibility index (Phi) is 3.33. The first-order valence-corrected chi connectivity index (χ1v) is 7.39. The summed E-state index contributed by atoms with van der Waals surface area (Å²) in [6, 6.07) is 10.9. The van der Waals surface area contributed by atoms with Gasteiger partial charge in [-0.1, -0.05) is 29.8 Å². The van der Waals surface area contributed by atoms with Crippen LogP contribution in [0.1, 0.15) is 22.1 Å². The van der Waals surface area contributed by atoms with Crippen LogP contribution in [0.3, 0.4) is 0 Å². The second-order valence-corrected chi connectivity index (χ2v) is 5.67. The summed E-state index contributed by atoms with van der Waals surface area (Å²) in [5.74, 6) is 0.402. The van der Waals surface area contributed by atoms with Gasteiger partial charge in [0.25, 0.3) is 5.91 Å². The lowest BCUT2D eigenvalue weighted by atomic mass is 10.1. The molecular formula is C16H13ClN2O3. The molecule has 1 aromatic heterocycles. The average molecular weight is 317 g/mol. The highest BCUT2D eigenvalue weighted by molar-refractivity contribution is 6.30. The van der Waals surface area contributed by atoms with Crippen molar-refractivity contribution in [1.29, 1.82) is 0 Å². The van der Waals surface area contributed by atoms with E-state index in [1.165, 1.54) is 6.20 Å². The number of pyridine rings is 1. The number of epoxide rings is 1. The molecule has 2 aliphatic rings. The molecule has 0 N–H and O–H groups in total. The summed E-state index contributed by atoms with van der Waals surface area (Å²) in [5.41, 5.74) is 1.49. The van der Waals surface area contributed by atoms with Crippen LogP contribution >= 0.6 is 11.6 Å². The number of hydrogen-bond donors (Lipinski definition) is 0. The van der Waals surface area contributed by atoms with Crippen LogP contribution in [0, 0.1) is 0 Å². The second-order valence-electron chi connectivity index (χ2n) is 5.24. The van der Waals surface area contributed by atoms with Gasteiger partial charge in [0.15, 0.2) is 6.23 Å². The lowest BCUT2D eigenvalue weighted by Gasteiger charge is -2.24. The molecule has 22 heavy (non-hydrogen) atoms. The van der Waals surface area contributed by atoms with Gasteiger partial charge in [0.1, 0.15) is 11.9 Å². The van der Waals surface area contributed by atoms with Crippen molar-refractivity contribution in [3.63, 3.8) is 0 Å². The Morgan fingerprint density at radius 3 is 2.86 bits per heavy atom. The molecule has 0 aliphatic carbocycles. The van der Waals surface area contributed by atoms with Crippen molar-refractivity contribution in [1.82, 2.24) is 4.98 Å². The molecule has 0 saturated carbocycles. The molecule has 1 amide bonds. The van der Waals surface area contributed by atoms with Crippen molar-refractivity contribution in [2.75, 3.05) is 18.1 Å². The summed E-state index contributed by atoms with van der Waals surface area (Å²) in [7, 11) is 0. The highest BCUT2D eigenvalue weighted by Gasteiger charge is 2.40. The summed E-state index contributed by atoms with van der Waals surface area (Å²) in [5, 5.41) is 0.525. The van der Waals surface area contributed by atoms with Crippen LogP contribution < -0.4 is 4.90 Å². The van der Waals surface area contributed by atoms with Crippen molar-refractivity contribution in [2.45, 2.75) is 12.3 Å². The minimum absolute atomic E-state index is 0.118.